The molecular formula is C27H43NO2. The lowest BCUT2D eigenvalue weighted by atomic mass is 9.51. The van der Waals surface area contributed by atoms with Gasteiger partial charge in [0.15, 0.2) is 0 Å². The third kappa shape index (κ3) is 2.79. The molecule has 30 heavy (non-hydrogen) atoms. The molecule has 3 heteroatoms. The normalized spacial score (nSPS) is 58.3. The van der Waals surface area contributed by atoms with Gasteiger partial charge in [0.2, 0.25) is 0 Å². The molecule has 6 rings (SSSR count). The molecule has 0 aromatic rings. The predicted octanol–water partition coefficient (Wildman–Crippen LogP) is 4.77. The Hall–Kier alpha value is -0.410. The fourth-order valence-corrected chi connectivity index (χ4v) is 10.3. The molecule has 3 nitrogen and oxygen atoms in total. The SMILES string of the molecule is C[C@@H]1CC[C@@H]2[C@H](C)[C@H]3CC[C@@H]4[C@@H](C[C@H]5[C@@H]4CC(=O)[C@H]4C[C@@H](O)CC[C@@]45C)[C@H]3CN2C1. The quantitative estimate of drug-likeness (QED) is 0.622. The van der Waals surface area contributed by atoms with Crippen molar-refractivity contribution in [3.8, 4) is 0 Å². The Bertz CT molecular complexity index is 705. The van der Waals surface area contributed by atoms with Crippen molar-refractivity contribution in [3.05, 3.63) is 0 Å². The van der Waals surface area contributed by atoms with Crippen LogP contribution in [0.1, 0.15) is 78.6 Å². The van der Waals surface area contributed by atoms with Crippen molar-refractivity contribution in [3.63, 3.8) is 0 Å². The summed E-state index contributed by atoms with van der Waals surface area (Å²) in [6.07, 6.45) is 10.3. The van der Waals surface area contributed by atoms with Gasteiger partial charge >= 0.3 is 0 Å². The van der Waals surface area contributed by atoms with E-state index in [0.717, 1.165) is 73.2 Å². The number of nitrogens with zero attached hydrogens (tertiary/aromatic N) is 1. The van der Waals surface area contributed by atoms with Crippen LogP contribution in [0.5, 0.6) is 0 Å². The molecule has 0 unspecified atom stereocenters. The highest BCUT2D eigenvalue weighted by molar-refractivity contribution is 5.83. The predicted molar refractivity (Wildman–Crippen MR) is 119 cm³/mol. The van der Waals surface area contributed by atoms with Gasteiger partial charge in [-0.1, -0.05) is 20.8 Å². The van der Waals surface area contributed by atoms with E-state index in [-0.39, 0.29) is 17.4 Å². The van der Waals surface area contributed by atoms with Gasteiger partial charge in [-0.2, -0.15) is 0 Å². The van der Waals surface area contributed by atoms with E-state index in [0.29, 0.717) is 11.7 Å². The zero-order valence-corrected chi connectivity index (χ0v) is 19.4. The van der Waals surface area contributed by atoms with Crippen molar-refractivity contribution in [1.29, 1.82) is 0 Å². The molecule has 168 valence electrons. The van der Waals surface area contributed by atoms with Crippen LogP contribution in [-0.2, 0) is 4.79 Å². The summed E-state index contributed by atoms with van der Waals surface area (Å²) in [5.74, 6) is 7.19. The molecule has 0 spiro atoms. The van der Waals surface area contributed by atoms with E-state index in [9.17, 15) is 9.90 Å². The van der Waals surface area contributed by atoms with E-state index in [4.69, 9.17) is 0 Å². The zero-order valence-electron chi connectivity index (χ0n) is 19.4. The maximum atomic E-state index is 13.2. The molecular weight excluding hydrogens is 370 g/mol. The number of rotatable bonds is 0. The Kier molecular flexibility index (Phi) is 4.75. The molecule has 4 saturated carbocycles. The Morgan fingerprint density at radius 1 is 0.900 bits per heavy atom. The van der Waals surface area contributed by atoms with Crippen molar-refractivity contribution in [2.24, 2.45) is 58.7 Å². The van der Waals surface area contributed by atoms with E-state index < -0.39 is 0 Å². The second-order valence-corrected chi connectivity index (χ2v) is 13.0. The summed E-state index contributed by atoms with van der Waals surface area (Å²) < 4.78 is 0. The van der Waals surface area contributed by atoms with Gasteiger partial charge in [-0.15, -0.1) is 0 Å². The first-order chi connectivity index (χ1) is 14.4. The van der Waals surface area contributed by atoms with Gasteiger partial charge in [0.05, 0.1) is 6.10 Å². The number of carbonyl (C=O) groups is 1. The first-order valence-electron chi connectivity index (χ1n) is 13.3. The number of Topliss-reactive ketones (excluding diaryl/α,β-unsaturated/α-hetero) is 1. The van der Waals surface area contributed by atoms with Crippen molar-refractivity contribution < 1.29 is 9.90 Å². The highest BCUT2D eigenvalue weighted by Crippen LogP contribution is 2.66. The molecule has 0 amide bonds. The largest absolute Gasteiger partial charge is 0.393 e. The van der Waals surface area contributed by atoms with E-state index in [1.54, 1.807) is 0 Å². The number of aliphatic hydroxyl groups excluding tert-OH is 1. The van der Waals surface area contributed by atoms with Gasteiger partial charge in [-0.25, -0.2) is 0 Å². The highest BCUT2D eigenvalue weighted by atomic mass is 16.3. The van der Waals surface area contributed by atoms with Crippen molar-refractivity contribution in [2.75, 3.05) is 13.1 Å². The molecule has 2 aliphatic heterocycles. The first-order valence-corrected chi connectivity index (χ1v) is 13.3. The van der Waals surface area contributed by atoms with Crippen LogP contribution in [0.15, 0.2) is 0 Å². The minimum atomic E-state index is -0.242. The monoisotopic (exact) mass is 413 g/mol. The van der Waals surface area contributed by atoms with Crippen LogP contribution in [0.2, 0.25) is 0 Å². The molecule has 2 saturated heterocycles. The first kappa shape index (κ1) is 20.2. The molecule has 12 atom stereocenters. The number of piperidine rings is 2. The molecule has 0 radical (unpaired) electrons. The maximum absolute atomic E-state index is 13.2. The maximum Gasteiger partial charge on any atom is 0.136 e. The van der Waals surface area contributed by atoms with Crippen LogP contribution >= 0.6 is 0 Å². The third-order valence-electron chi connectivity index (χ3n) is 11.8. The standard InChI is InChI=1S/C27H43NO2/c1-15-4-7-25-16(2)18-5-6-19-20(22(18)14-28(25)13-15)11-23-21(19)12-26(30)24-10-17(29)8-9-27(23,24)3/h15-25,29H,4-14H2,1-3H3/t15-,16-,17+,18-,19-,20-,21-,22+,23+,24-,25-,27-/m1/s1. The summed E-state index contributed by atoms with van der Waals surface area (Å²) in [5, 5.41) is 10.3. The second-order valence-electron chi connectivity index (χ2n) is 13.0. The van der Waals surface area contributed by atoms with Crippen LogP contribution in [0.3, 0.4) is 0 Å². The lowest BCUT2D eigenvalue weighted by molar-refractivity contribution is -0.145. The van der Waals surface area contributed by atoms with Gasteiger partial charge in [0, 0.05) is 31.5 Å². The molecule has 0 bridgehead atoms. The van der Waals surface area contributed by atoms with Crippen LogP contribution in [0.25, 0.3) is 0 Å². The molecule has 1 N–H and O–H groups in total. The van der Waals surface area contributed by atoms with Crippen molar-refractivity contribution in [1.82, 2.24) is 4.90 Å². The van der Waals surface area contributed by atoms with Gasteiger partial charge in [0.25, 0.3) is 0 Å². The minimum absolute atomic E-state index is 0.135. The number of ketones is 1. The van der Waals surface area contributed by atoms with Gasteiger partial charge in [0.1, 0.15) is 5.78 Å². The Morgan fingerprint density at radius 2 is 1.70 bits per heavy atom. The summed E-state index contributed by atoms with van der Waals surface area (Å²) in [7, 11) is 0. The lowest BCUT2D eigenvalue weighted by Crippen LogP contribution is -2.58. The van der Waals surface area contributed by atoms with E-state index in [1.165, 1.54) is 45.2 Å². The van der Waals surface area contributed by atoms with Crippen LogP contribution in [-0.4, -0.2) is 41.0 Å². The highest BCUT2D eigenvalue weighted by Gasteiger charge is 2.62. The average molecular weight is 414 g/mol. The minimum Gasteiger partial charge on any atom is -0.393 e. The summed E-state index contributed by atoms with van der Waals surface area (Å²) in [6.45, 7) is 10.1. The zero-order chi connectivity index (χ0) is 20.8. The summed E-state index contributed by atoms with van der Waals surface area (Å²) >= 11 is 0. The number of fused-ring (bicyclic) bond motifs is 8. The third-order valence-corrected chi connectivity index (χ3v) is 11.8. The number of aliphatic hydroxyl groups is 1. The molecule has 6 aliphatic rings. The summed E-state index contributed by atoms with van der Waals surface area (Å²) in [5.41, 5.74) is 0.161. The molecule has 2 heterocycles. The molecule has 0 aromatic heterocycles. The van der Waals surface area contributed by atoms with Crippen molar-refractivity contribution >= 4 is 5.78 Å². The summed E-state index contributed by atoms with van der Waals surface area (Å²) in [4.78, 5) is 16.1. The topological polar surface area (TPSA) is 40.5 Å². The Labute approximate surface area is 183 Å². The number of carbonyl (C=O) groups excluding carboxylic acids is 1. The molecule has 0 aromatic carbocycles. The van der Waals surface area contributed by atoms with E-state index in [1.807, 2.05) is 0 Å². The number of hydrogen-bond donors (Lipinski definition) is 1. The second kappa shape index (κ2) is 7.04. The average Bonchev–Trinajstić information content (AvgIpc) is 3.09. The van der Waals surface area contributed by atoms with Crippen LogP contribution < -0.4 is 0 Å². The fraction of sp³-hybridized carbons (Fsp3) is 0.963. The smallest absolute Gasteiger partial charge is 0.136 e. The summed E-state index contributed by atoms with van der Waals surface area (Å²) in [6, 6.07) is 0.839. The Balaban J connectivity index is 1.28. The van der Waals surface area contributed by atoms with Crippen LogP contribution in [0.4, 0.5) is 0 Å². The van der Waals surface area contributed by atoms with Gasteiger partial charge < -0.3 is 5.11 Å². The molecule has 6 fully saturated rings. The fourth-order valence-electron chi connectivity index (χ4n) is 10.3. The van der Waals surface area contributed by atoms with E-state index in [2.05, 4.69) is 25.7 Å². The number of hydrogen-bond acceptors (Lipinski definition) is 3. The lowest BCUT2D eigenvalue weighted by Gasteiger charge is -2.56. The van der Waals surface area contributed by atoms with Gasteiger partial charge in [-0.05, 0) is 104 Å². The molecule has 4 aliphatic carbocycles. The van der Waals surface area contributed by atoms with Gasteiger partial charge in [-0.3, -0.25) is 9.69 Å². The van der Waals surface area contributed by atoms with E-state index >= 15 is 0 Å². The van der Waals surface area contributed by atoms with Crippen LogP contribution in [0, 0.1) is 58.7 Å². The van der Waals surface area contributed by atoms with Crippen molar-refractivity contribution in [2.45, 2.75) is 90.7 Å². The Morgan fingerprint density at radius 3 is 2.53 bits per heavy atom.